The summed E-state index contributed by atoms with van der Waals surface area (Å²) in [6.07, 6.45) is -4.11. The van der Waals surface area contributed by atoms with Crippen molar-refractivity contribution >= 4 is 40.1 Å². The minimum Gasteiger partial charge on any atom is -0.460 e. The number of hydrogen-bond acceptors (Lipinski definition) is 13. The van der Waals surface area contributed by atoms with E-state index < -0.39 is 77.5 Å². The van der Waals surface area contributed by atoms with Crippen LogP contribution >= 0.6 is 23.4 Å². The number of fused-ring (bicyclic) bond motifs is 1. The lowest BCUT2D eigenvalue weighted by Gasteiger charge is -2.25. The molecular formula is C29H31FN3O15P3. The number of nitrogens with one attached hydrogen (secondary N) is 2. The van der Waals surface area contributed by atoms with Crippen molar-refractivity contribution in [2.45, 2.75) is 44.4 Å². The molecule has 0 amide bonds. The van der Waals surface area contributed by atoms with Gasteiger partial charge < -0.3 is 28.9 Å². The molecule has 5 N–H and O–H groups in total. The predicted octanol–water partition coefficient (Wildman–Crippen LogP) is 3.64. The first-order valence-electron chi connectivity index (χ1n) is 14.9. The number of H-pyrrole nitrogens is 1. The van der Waals surface area contributed by atoms with Gasteiger partial charge in [-0.15, -0.1) is 0 Å². The molecule has 0 bridgehead atoms. The Hall–Kier alpha value is -3.83. The summed E-state index contributed by atoms with van der Waals surface area (Å²) >= 11 is 0. The number of hydrogen-bond donors (Lipinski definition) is 5. The van der Waals surface area contributed by atoms with Gasteiger partial charge in [-0.2, -0.15) is 18.1 Å². The summed E-state index contributed by atoms with van der Waals surface area (Å²) in [7, 11) is -16.7. The number of ether oxygens (including phenoxy) is 2. The summed E-state index contributed by atoms with van der Waals surface area (Å²) in [5.74, 6) is -2.44. The highest BCUT2D eigenvalue weighted by molar-refractivity contribution is 7.68. The van der Waals surface area contributed by atoms with Crippen molar-refractivity contribution < 1.29 is 64.9 Å². The maximum Gasteiger partial charge on any atom is 0.490 e. The Labute approximate surface area is 287 Å². The lowest BCUT2D eigenvalue weighted by Crippen LogP contribution is -2.34. The Morgan fingerprint density at radius 2 is 1.71 bits per heavy atom. The Kier molecular flexibility index (Phi) is 11.9. The van der Waals surface area contributed by atoms with Gasteiger partial charge in [0.25, 0.3) is 5.56 Å². The van der Waals surface area contributed by atoms with E-state index in [0.29, 0.717) is 27.1 Å². The fourth-order valence-electron chi connectivity index (χ4n) is 4.80. The van der Waals surface area contributed by atoms with Gasteiger partial charge in [-0.1, -0.05) is 66.7 Å². The van der Waals surface area contributed by atoms with Crippen LogP contribution < -0.4 is 20.9 Å². The molecule has 4 aromatic rings. The second-order valence-corrected chi connectivity index (χ2v) is 15.9. The number of aliphatic hydroxyl groups excluding tert-OH is 1. The monoisotopic (exact) mass is 773 g/mol. The number of rotatable bonds is 15. The normalized spacial score (nSPS) is 21.6. The summed E-state index contributed by atoms with van der Waals surface area (Å²) in [5.41, 5.74) is -1.73. The molecule has 1 fully saturated rings. The zero-order valence-electron chi connectivity index (χ0n) is 26.3. The molecule has 1 aromatic heterocycles. The van der Waals surface area contributed by atoms with Crippen LogP contribution in [-0.4, -0.2) is 55.3 Å². The van der Waals surface area contributed by atoms with E-state index >= 15 is 0 Å². The SMILES string of the molecule is C[C@H](NP(=O)(Oc1cccc2ccccc12)OP(=O)(O)OP(=O)(O)OC[C@H]1O[C@@H](n2cc(F)c(=O)[nH]c2=O)C[C@@H]1O)C(=O)OCc1ccccc1. The van der Waals surface area contributed by atoms with Gasteiger partial charge in [-0.25, -0.2) is 18.5 Å². The zero-order valence-corrected chi connectivity index (χ0v) is 29.0. The number of nitrogens with zero attached hydrogens (tertiary/aromatic N) is 1. The van der Waals surface area contributed by atoms with Crippen LogP contribution in [0.15, 0.2) is 88.6 Å². The lowest BCUT2D eigenvalue weighted by molar-refractivity contribution is -0.146. The number of halogens is 1. The zero-order chi connectivity index (χ0) is 37.0. The van der Waals surface area contributed by atoms with E-state index in [1.54, 1.807) is 65.6 Å². The van der Waals surface area contributed by atoms with Gasteiger partial charge in [0, 0.05) is 11.8 Å². The predicted molar refractivity (Wildman–Crippen MR) is 175 cm³/mol. The summed E-state index contributed by atoms with van der Waals surface area (Å²) in [4.78, 5) is 58.6. The first-order chi connectivity index (χ1) is 24.0. The number of carbonyl (C=O) groups excluding carboxylic acids is 1. The molecule has 274 valence electrons. The molecule has 51 heavy (non-hydrogen) atoms. The molecule has 3 unspecified atom stereocenters. The quantitative estimate of drug-likeness (QED) is 0.0854. The van der Waals surface area contributed by atoms with Crippen LogP contribution in [-0.2, 0) is 47.7 Å². The average Bonchev–Trinajstić information content (AvgIpc) is 3.43. The third-order valence-corrected chi connectivity index (χ3v) is 12.1. The Morgan fingerprint density at radius 3 is 2.45 bits per heavy atom. The van der Waals surface area contributed by atoms with E-state index in [1.165, 1.54) is 19.1 Å². The van der Waals surface area contributed by atoms with Crippen LogP contribution in [0.2, 0.25) is 0 Å². The lowest BCUT2D eigenvalue weighted by atomic mass is 10.1. The minimum absolute atomic E-state index is 0.138. The summed E-state index contributed by atoms with van der Waals surface area (Å²) in [6, 6.07) is 18.2. The Morgan fingerprint density at radius 1 is 1.02 bits per heavy atom. The van der Waals surface area contributed by atoms with E-state index in [2.05, 4.69) is 9.40 Å². The Balaban J connectivity index is 1.28. The first-order valence-corrected chi connectivity index (χ1v) is 19.4. The fourth-order valence-corrected chi connectivity index (χ4v) is 9.21. The van der Waals surface area contributed by atoms with Crippen LogP contribution in [0.4, 0.5) is 4.39 Å². The molecule has 5 rings (SSSR count). The third-order valence-electron chi connectivity index (χ3n) is 7.16. The van der Waals surface area contributed by atoms with E-state index in [1.807, 2.05) is 0 Å². The molecule has 7 atom stereocenters. The fraction of sp³-hybridized carbons (Fsp3) is 0.276. The van der Waals surface area contributed by atoms with Crippen molar-refractivity contribution in [3.8, 4) is 5.75 Å². The number of aromatic amines is 1. The number of aliphatic hydroxyl groups is 1. The van der Waals surface area contributed by atoms with Crippen molar-refractivity contribution in [3.05, 3.63) is 111 Å². The first kappa shape index (κ1) is 38.4. The molecule has 1 aliphatic heterocycles. The smallest absolute Gasteiger partial charge is 0.460 e. The van der Waals surface area contributed by atoms with Crippen LogP contribution in [0.25, 0.3) is 10.8 Å². The topological polar surface area (TPSA) is 251 Å². The summed E-state index contributed by atoms with van der Waals surface area (Å²) < 4.78 is 84.2. The van der Waals surface area contributed by atoms with E-state index in [4.69, 9.17) is 22.8 Å². The molecule has 3 aromatic carbocycles. The number of carbonyl (C=O) groups is 1. The van der Waals surface area contributed by atoms with Gasteiger partial charge in [-0.05, 0) is 23.9 Å². The standard InChI is InChI=1S/C29H31FN3O15P3/c1-18(28(36)43-16-19-8-3-2-4-9-19)32-49(38,46-24-13-7-11-20-10-5-6-12-21(20)24)47-51(41,42)48-50(39,40)44-17-25-23(34)14-26(45-25)33-15-22(30)27(35)31-29(33)37/h2-13,15,18,23,25-26,34H,14,16-17H2,1H3,(H,32,38)(H,39,40)(H,41,42)(H,31,35,37)/t18-,23-,25+,26+,49?/m0/s1. The summed E-state index contributed by atoms with van der Waals surface area (Å²) in [6.45, 7) is 0.0276. The highest BCUT2D eigenvalue weighted by Gasteiger charge is 2.46. The number of phosphoric ester groups is 1. The third kappa shape index (κ3) is 10.2. The van der Waals surface area contributed by atoms with Gasteiger partial charge in [0.2, 0.25) is 5.82 Å². The number of aromatic nitrogens is 2. The molecule has 2 heterocycles. The van der Waals surface area contributed by atoms with Crippen molar-refractivity contribution in [1.82, 2.24) is 14.6 Å². The second kappa shape index (κ2) is 15.8. The molecule has 1 saturated heterocycles. The van der Waals surface area contributed by atoms with Crippen LogP contribution in [0, 0.1) is 5.82 Å². The van der Waals surface area contributed by atoms with E-state index in [9.17, 15) is 47.4 Å². The van der Waals surface area contributed by atoms with Crippen LogP contribution in [0.3, 0.4) is 0 Å². The maximum absolute atomic E-state index is 14.1. The number of benzene rings is 3. The molecule has 18 nitrogen and oxygen atoms in total. The largest absolute Gasteiger partial charge is 0.490 e. The van der Waals surface area contributed by atoms with E-state index in [0.717, 1.165) is 0 Å². The van der Waals surface area contributed by atoms with Gasteiger partial charge >= 0.3 is 35.1 Å². The average molecular weight is 773 g/mol. The second-order valence-electron chi connectivity index (χ2n) is 11.0. The van der Waals surface area contributed by atoms with Crippen LogP contribution in [0.1, 0.15) is 25.1 Å². The molecule has 0 radical (unpaired) electrons. The van der Waals surface area contributed by atoms with Crippen molar-refractivity contribution in [2.24, 2.45) is 0 Å². The van der Waals surface area contributed by atoms with E-state index in [-0.39, 0.29) is 18.8 Å². The van der Waals surface area contributed by atoms with Gasteiger partial charge in [0.05, 0.1) is 18.9 Å². The van der Waals surface area contributed by atoms with Gasteiger partial charge in [-0.3, -0.25) is 23.7 Å². The maximum atomic E-state index is 14.1. The number of phosphoric acid groups is 2. The van der Waals surface area contributed by atoms with Crippen LogP contribution in [0.5, 0.6) is 5.75 Å². The molecule has 0 aliphatic carbocycles. The minimum atomic E-state index is -5.90. The summed E-state index contributed by atoms with van der Waals surface area (Å²) in [5, 5.41) is 13.5. The molecular weight excluding hydrogens is 742 g/mol. The highest BCUT2D eigenvalue weighted by atomic mass is 31.3. The molecule has 0 saturated carbocycles. The highest BCUT2D eigenvalue weighted by Crippen LogP contribution is 2.68. The van der Waals surface area contributed by atoms with Crippen molar-refractivity contribution in [1.29, 1.82) is 0 Å². The van der Waals surface area contributed by atoms with Crippen molar-refractivity contribution in [2.75, 3.05) is 6.61 Å². The number of esters is 1. The van der Waals surface area contributed by atoms with Crippen molar-refractivity contribution in [3.63, 3.8) is 0 Å². The Bertz CT molecular complexity index is 2140. The molecule has 22 heteroatoms. The van der Waals surface area contributed by atoms with Gasteiger partial charge in [0.1, 0.15) is 30.7 Å². The molecule has 0 spiro atoms. The van der Waals surface area contributed by atoms with Gasteiger partial charge in [0.15, 0.2) is 0 Å². The molecule has 1 aliphatic rings.